The van der Waals surface area contributed by atoms with Crippen LogP contribution in [0.25, 0.3) is 16.8 Å². The second-order valence-electron chi connectivity index (χ2n) is 8.82. The molecule has 0 aromatic heterocycles. The van der Waals surface area contributed by atoms with Crippen molar-refractivity contribution >= 4 is 63.0 Å². The van der Waals surface area contributed by atoms with E-state index in [1.54, 1.807) is 36.4 Å². The second-order valence-corrected chi connectivity index (χ2v) is 10.7. The summed E-state index contributed by atoms with van der Waals surface area (Å²) in [6.45, 7) is 2.87. The summed E-state index contributed by atoms with van der Waals surface area (Å²) in [4.78, 5) is 27.2. The van der Waals surface area contributed by atoms with Gasteiger partial charge in [0.05, 0.1) is 18.1 Å². The SMILES string of the molecule is CCOc1cc(/C=C2\SC(=O)N(CCOc3cccc4ccccc34)C2=O)ccc1OCc1ccc(Cl)cc1Cl. The van der Waals surface area contributed by atoms with Crippen LogP contribution in [-0.2, 0) is 11.4 Å². The van der Waals surface area contributed by atoms with Gasteiger partial charge in [-0.3, -0.25) is 14.5 Å². The minimum atomic E-state index is -0.354. The number of halogens is 2. The summed E-state index contributed by atoms with van der Waals surface area (Å²) in [6, 6.07) is 24.3. The first-order valence-electron chi connectivity index (χ1n) is 12.6. The minimum Gasteiger partial charge on any atom is -0.491 e. The van der Waals surface area contributed by atoms with Crippen molar-refractivity contribution in [2.24, 2.45) is 0 Å². The zero-order chi connectivity index (χ0) is 28.1. The summed E-state index contributed by atoms with van der Waals surface area (Å²) in [5.41, 5.74) is 1.49. The maximum absolute atomic E-state index is 13.1. The Morgan fingerprint density at radius 2 is 1.68 bits per heavy atom. The normalized spacial score (nSPS) is 14.3. The first-order valence-corrected chi connectivity index (χ1v) is 14.2. The van der Waals surface area contributed by atoms with Crippen molar-refractivity contribution in [2.45, 2.75) is 13.5 Å². The Balaban J connectivity index is 1.25. The molecular weight excluding hydrogens is 569 g/mol. The van der Waals surface area contributed by atoms with Gasteiger partial charge in [0.2, 0.25) is 0 Å². The van der Waals surface area contributed by atoms with Crippen LogP contribution in [0.1, 0.15) is 18.1 Å². The third kappa shape index (κ3) is 6.39. The van der Waals surface area contributed by atoms with E-state index in [-0.39, 0.29) is 30.9 Å². The molecule has 1 heterocycles. The molecule has 0 bridgehead atoms. The molecule has 1 aliphatic heterocycles. The summed E-state index contributed by atoms with van der Waals surface area (Å²) in [6.07, 6.45) is 1.68. The van der Waals surface area contributed by atoms with E-state index < -0.39 is 0 Å². The van der Waals surface area contributed by atoms with Crippen molar-refractivity contribution in [2.75, 3.05) is 19.8 Å². The predicted molar refractivity (Wildman–Crippen MR) is 161 cm³/mol. The van der Waals surface area contributed by atoms with Crippen LogP contribution in [0.15, 0.2) is 83.8 Å². The highest BCUT2D eigenvalue weighted by Gasteiger charge is 2.34. The number of carbonyl (C=O) groups excluding carboxylic acids is 2. The number of ether oxygens (including phenoxy) is 3. The van der Waals surface area contributed by atoms with Gasteiger partial charge in [0, 0.05) is 21.0 Å². The number of benzene rings is 4. The van der Waals surface area contributed by atoms with Crippen molar-refractivity contribution in [1.82, 2.24) is 4.90 Å². The third-order valence-electron chi connectivity index (χ3n) is 6.16. The molecule has 0 N–H and O–H groups in total. The molecule has 4 aromatic rings. The van der Waals surface area contributed by atoms with Gasteiger partial charge in [-0.1, -0.05) is 71.7 Å². The van der Waals surface area contributed by atoms with Crippen LogP contribution >= 0.6 is 35.0 Å². The standard InChI is InChI=1S/C31H25Cl2NO5S/c1-2-37-28-16-20(10-13-27(28)39-19-22-11-12-23(32)18-25(22)33)17-29-30(35)34(31(36)40-29)14-15-38-26-9-5-7-21-6-3-4-8-24(21)26/h3-13,16-18H,2,14-15,19H2,1H3/b29-17-. The summed E-state index contributed by atoms with van der Waals surface area (Å²) >= 11 is 13.1. The Kier molecular flexibility index (Phi) is 8.85. The van der Waals surface area contributed by atoms with Crippen molar-refractivity contribution in [3.05, 3.63) is 105 Å². The Bertz CT molecular complexity index is 1600. The molecule has 40 heavy (non-hydrogen) atoms. The van der Waals surface area contributed by atoms with E-state index in [1.165, 1.54) is 4.90 Å². The van der Waals surface area contributed by atoms with Gasteiger partial charge in [0.1, 0.15) is 19.0 Å². The number of thioether (sulfide) groups is 1. The van der Waals surface area contributed by atoms with Crippen molar-refractivity contribution in [1.29, 1.82) is 0 Å². The number of amides is 2. The topological polar surface area (TPSA) is 65.1 Å². The number of hydrogen-bond donors (Lipinski definition) is 0. The van der Waals surface area contributed by atoms with Gasteiger partial charge in [0.15, 0.2) is 11.5 Å². The molecule has 0 radical (unpaired) electrons. The first-order chi connectivity index (χ1) is 19.4. The fraction of sp³-hybridized carbons (Fsp3) is 0.161. The molecule has 1 aliphatic rings. The van der Waals surface area contributed by atoms with Crippen LogP contribution in [0, 0.1) is 0 Å². The van der Waals surface area contributed by atoms with Gasteiger partial charge in [-0.15, -0.1) is 0 Å². The molecule has 1 saturated heterocycles. The number of hydrogen-bond acceptors (Lipinski definition) is 6. The van der Waals surface area contributed by atoms with Crippen LogP contribution in [0.2, 0.25) is 10.0 Å². The quantitative estimate of drug-likeness (QED) is 0.172. The van der Waals surface area contributed by atoms with Crippen molar-refractivity contribution < 1.29 is 23.8 Å². The third-order valence-corrected chi connectivity index (χ3v) is 7.65. The maximum Gasteiger partial charge on any atom is 0.293 e. The van der Waals surface area contributed by atoms with Gasteiger partial charge in [0.25, 0.3) is 11.1 Å². The predicted octanol–water partition coefficient (Wildman–Crippen LogP) is 8.24. The van der Waals surface area contributed by atoms with E-state index in [0.717, 1.165) is 28.1 Å². The van der Waals surface area contributed by atoms with Crippen LogP contribution < -0.4 is 14.2 Å². The Labute approximate surface area is 246 Å². The van der Waals surface area contributed by atoms with Gasteiger partial charge < -0.3 is 14.2 Å². The van der Waals surface area contributed by atoms with Gasteiger partial charge in [-0.2, -0.15) is 0 Å². The Morgan fingerprint density at radius 3 is 2.50 bits per heavy atom. The van der Waals surface area contributed by atoms with E-state index >= 15 is 0 Å². The summed E-state index contributed by atoms with van der Waals surface area (Å²) < 4.78 is 17.7. The lowest BCUT2D eigenvalue weighted by atomic mass is 10.1. The number of imide groups is 1. The monoisotopic (exact) mass is 593 g/mol. The molecular formula is C31H25Cl2NO5S. The molecule has 2 amide bonds. The minimum absolute atomic E-state index is 0.148. The maximum atomic E-state index is 13.1. The molecule has 0 unspecified atom stereocenters. The lowest BCUT2D eigenvalue weighted by Crippen LogP contribution is -2.32. The van der Waals surface area contributed by atoms with E-state index in [9.17, 15) is 9.59 Å². The Hall–Kier alpha value is -3.65. The van der Waals surface area contributed by atoms with Crippen molar-refractivity contribution in [3.8, 4) is 17.2 Å². The van der Waals surface area contributed by atoms with E-state index in [1.807, 2.05) is 55.5 Å². The smallest absolute Gasteiger partial charge is 0.293 e. The van der Waals surface area contributed by atoms with Gasteiger partial charge >= 0.3 is 0 Å². The molecule has 4 aromatic carbocycles. The highest BCUT2D eigenvalue weighted by molar-refractivity contribution is 8.18. The summed E-state index contributed by atoms with van der Waals surface area (Å²) in [5, 5.41) is 2.77. The molecule has 6 nitrogen and oxygen atoms in total. The zero-order valence-corrected chi connectivity index (χ0v) is 23.9. The average Bonchev–Trinajstić information content (AvgIpc) is 3.21. The van der Waals surface area contributed by atoms with E-state index in [2.05, 4.69) is 0 Å². The van der Waals surface area contributed by atoms with Gasteiger partial charge in [-0.05, 0) is 66.0 Å². The lowest BCUT2D eigenvalue weighted by molar-refractivity contribution is -0.123. The van der Waals surface area contributed by atoms with Crippen LogP contribution in [0.4, 0.5) is 4.79 Å². The zero-order valence-electron chi connectivity index (χ0n) is 21.6. The molecule has 0 aliphatic carbocycles. The van der Waals surface area contributed by atoms with E-state index in [4.69, 9.17) is 37.4 Å². The summed E-state index contributed by atoms with van der Waals surface area (Å²) in [7, 11) is 0. The second kappa shape index (κ2) is 12.7. The van der Waals surface area contributed by atoms with Crippen molar-refractivity contribution in [3.63, 3.8) is 0 Å². The molecule has 0 saturated carbocycles. The van der Waals surface area contributed by atoms with Crippen LogP contribution in [-0.4, -0.2) is 35.8 Å². The molecule has 1 fully saturated rings. The highest BCUT2D eigenvalue weighted by Crippen LogP contribution is 2.35. The van der Waals surface area contributed by atoms with E-state index in [0.29, 0.717) is 44.4 Å². The van der Waals surface area contributed by atoms with Crippen LogP contribution in [0.5, 0.6) is 17.2 Å². The number of nitrogens with zero attached hydrogens (tertiary/aromatic N) is 1. The molecule has 204 valence electrons. The van der Waals surface area contributed by atoms with Gasteiger partial charge in [-0.25, -0.2) is 0 Å². The molecule has 0 atom stereocenters. The molecule has 5 rings (SSSR count). The first kappa shape index (κ1) is 27.9. The number of carbonyl (C=O) groups is 2. The largest absolute Gasteiger partial charge is 0.491 e. The highest BCUT2D eigenvalue weighted by atomic mass is 35.5. The number of fused-ring (bicyclic) bond motifs is 1. The fourth-order valence-electron chi connectivity index (χ4n) is 4.21. The Morgan fingerprint density at radius 1 is 0.850 bits per heavy atom. The molecule has 0 spiro atoms. The average molecular weight is 595 g/mol. The molecule has 9 heteroatoms. The number of rotatable bonds is 10. The summed E-state index contributed by atoms with van der Waals surface area (Å²) in [5.74, 6) is 1.41. The van der Waals surface area contributed by atoms with Crippen LogP contribution in [0.3, 0.4) is 0 Å². The lowest BCUT2D eigenvalue weighted by Gasteiger charge is -2.14. The fourth-order valence-corrected chi connectivity index (χ4v) is 5.54.